The molecular weight excluding hydrogens is 456 g/mol. The van der Waals surface area contributed by atoms with Crippen LogP contribution in [0.15, 0.2) is 40.0 Å². The molecule has 0 bridgehead atoms. The fraction of sp³-hybridized carbons (Fsp3) is 0.333. The van der Waals surface area contributed by atoms with Gasteiger partial charge in [0.1, 0.15) is 21.8 Å². The summed E-state index contributed by atoms with van der Waals surface area (Å²) in [6, 6.07) is 11.9. The van der Waals surface area contributed by atoms with E-state index in [9.17, 15) is 14.9 Å². The van der Waals surface area contributed by atoms with E-state index in [2.05, 4.69) is 0 Å². The van der Waals surface area contributed by atoms with E-state index >= 15 is 0 Å². The Labute approximate surface area is 203 Å². The van der Waals surface area contributed by atoms with Crippen molar-refractivity contribution in [3.05, 3.63) is 67.8 Å². The van der Waals surface area contributed by atoms with Crippen molar-refractivity contribution in [2.24, 2.45) is 7.05 Å². The summed E-state index contributed by atoms with van der Waals surface area (Å²) in [5.74, 6) is 0.453. The Hall–Kier alpha value is -2.93. The highest BCUT2D eigenvalue weighted by Gasteiger charge is 2.32. The standard InChI is InChI=1S/C24H26N4O3S2/c1-16-18(13-20-23(30)28(24(32)33-20)11-8-12-31-4)21(27(3)22(29)19(16)14-25)26(2)15-17-9-6-5-7-10-17/h5-7,9-10,13H,8,11-12,15H2,1-4H3/b20-13-. The molecule has 0 unspecified atom stereocenters. The number of rotatable bonds is 8. The zero-order valence-electron chi connectivity index (χ0n) is 19.1. The second-order valence-corrected chi connectivity index (χ2v) is 9.41. The largest absolute Gasteiger partial charge is 0.385 e. The van der Waals surface area contributed by atoms with Crippen LogP contribution in [-0.2, 0) is 23.1 Å². The molecule has 0 radical (unpaired) electrons. The normalized spacial score (nSPS) is 14.8. The maximum Gasteiger partial charge on any atom is 0.270 e. The lowest BCUT2D eigenvalue weighted by atomic mass is 10.0. The third-order valence-corrected chi connectivity index (χ3v) is 6.85. The average molecular weight is 483 g/mol. The van der Waals surface area contributed by atoms with E-state index in [1.807, 2.05) is 48.3 Å². The first-order valence-corrected chi connectivity index (χ1v) is 11.7. The van der Waals surface area contributed by atoms with Gasteiger partial charge in [0.15, 0.2) is 0 Å². The molecule has 9 heteroatoms. The highest BCUT2D eigenvalue weighted by molar-refractivity contribution is 8.26. The van der Waals surface area contributed by atoms with Crippen LogP contribution in [0.5, 0.6) is 0 Å². The number of methoxy groups -OCH3 is 1. The molecular formula is C24H26N4O3S2. The number of hydrogen-bond donors (Lipinski definition) is 0. The molecule has 1 aromatic carbocycles. The van der Waals surface area contributed by atoms with Crippen LogP contribution in [-0.4, -0.2) is 47.0 Å². The summed E-state index contributed by atoms with van der Waals surface area (Å²) >= 11 is 6.66. The van der Waals surface area contributed by atoms with Gasteiger partial charge in [0.25, 0.3) is 11.5 Å². The highest BCUT2D eigenvalue weighted by Crippen LogP contribution is 2.35. The van der Waals surface area contributed by atoms with Crippen LogP contribution >= 0.6 is 24.0 Å². The number of carbonyl (C=O) groups is 1. The van der Waals surface area contributed by atoms with Gasteiger partial charge in [-0.15, -0.1) is 0 Å². The summed E-state index contributed by atoms with van der Waals surface area (Å²) in [4.78, 5) is 29.9. The first-order chi connectivity index (χ1) is 15.8. The summed E-state index contributed by atoms with van der Waals surface area (Å²) in [6.45, 7) is 3.31. The summed E-state index contributed by atoms with van der Waals surface area (Å²) in [7, 11) is 5.15. The Bertz CT molecular complexity index is 1200. The number of hydrogen-bond acceptors (Lipinski definition) is 7. The summed E-state index contributed by atoms with van der Waals surface area (Å²) in [6.07, 6.45) is 2.43. The van der Waals surface area contributed by atoms with Gasteiger partial charge < -0.3 is 9.64 Å². The maximum absolute atomic E-state index is 13.1. The fourth-order valence-electron chi connectivity index (χ4n) is 3.80. The van der Waals surface area contributed by atoms with Crippen LogP contribution < -0.4 is 10.5 Å². The molecule has 172 valence electrons. The van der Waals surface area contributed by atoms with Gasteiger partial charge >= 0.3 is 0 Å². The van der Waals surface area contributed by atoms with Gasteiger partial charge in [-0.05, 0) is 30.5 Å². The first kappa shape index (κ1) is 24.7. The topological polar surface area (TPSA) is 78.6 Å². The molecule has 0 N–H and O–H groups in total. The van der Waals surface area contributed by atoms with Crippen molar-refractivity contribution in [2.75, 3.05) is 32.2 Å². The number of anilines is 1. The molecule has 3 rings (SSSR count). The first-order valence-electron chi connectivity index (χ1n) is 10.4. The lowest BCUT2D eigenvalue weighted by molar-refractivity contribution is -0.122. The summed E-state index contributed by atoms with van der Waals surface area (Å²) < 4.78 is 7.04. The van der Waals surface area contributed by atoms with E-state index < -0.39 is 0 Å². The molecule has 1 aliphatic heterocycles. The molecule has 1 fully saturated rings. The number of thiocarbonyl (C=S) groups is 1. The van der Waals surface area contributed by atoms with Crippen molar-refractivity contribution in [1.29, 1.82) is 5.26 Å². The van der Waals surface area contributed by atoms with Gasteiger partial charge in [-0.25, -0.2) is 0 Å². The molecule has 1 aliphatic rings. The van der Waals surface area contributed by atoms with Gasteiger partial charge in [0, 0.05) is 46.5 Å². The van der Waals surface area contributed by atoms with Crippen LogP contribution in [0.4, 0.5) is 5.82 Å². The van der Waals surface area contributed by atoms with Crippen LogP contribution in [0, 0.1) is 18.3 Å². The Morgan fingerprint density at radius 3 is 2.61 bits per heavy atom. The van der Waals surface area contributed by atoms with Crippen LogP contribution in [0.1, 0.15) is 28.7 Å². The minimum atomic E-state index is -0.367. The number of benzene rings is 1. The third-order valence-electron chi connectivity index (χ3n) is 5.47. The minimum Gasteiger partial charge on any atom is -0.385 e. The minimum absolute atomic E-state index is 0.0659. The maximum atomic E-state index is 13.1. The molecule has 1 amide bonds. The Kier molecular flexibility index (Phi) is 8.08. The van der Waals surface area contributed by atoms with Crippen molar-refractivity contribution in [3.8, 4) is 6.07 Å². The van der Waals surface area contributed by atoms with Gasteiger partial charge in [-0.2, -0.15) is 5.26 Å². The highest BCUT2D eigenvalue weighted by atomic mass is 32.2. The quantitative estimate of drug-likeness (QED) is 0.324. The number of nitrogens with zero attached hydrogens (tertiary/aromatic N) is 4. The fourth-order valence-corrected chi connectivity index (χ4v) is 5.09. The third kappa shape index (κ3) is 5.19. The monoisotopic (exact) mass is 482 g/mol. The second kappa shape index (κ2) is 10.8. The van der Waals surface area contributed by atoms with E-state index in [-0.39, 0.29) is 17.0 Å². The lowest BCUT2D eigenvalue weighted by Gasteiger charge is -2.26. The Morgan fingerprint density at radius 1 is 1.27 bits per heavy atom. The average Bonchev–Trinajstić information content (AvgIpc) is 3.06. The van der Waals surface area contributed by atoms with Gasteiger partial charge in [-0.3, -0.25) is 19.1 Å². The summed E-state index contributed by atoms with van der Waals surface area (Å²) in [5.41, 5.74) is 1.97. The van der Waals surface area contributed by atoms with E-state index in [0.717, 1.165) is 5.56 Å². The number of thioether (sulfide) groups is 1. The van der Waals surface area contributed by atoms with Crippen LogP contribution in [0.25, 0.3) is 6.08 Å². The van der Waals surface area contributed by atoms with Crippen molar-refractivity contribution in [1.82, 2.24) is 9.47 Å². The molecule has 0 spiro atoms. The zero-order chi connectivity index (χ0) is 24.1. The Morgan fingerprint density at radius 2 is 1.97 bits per heavy atom. The molecule has 33 heavy (non-hydrogen) atoms. The van der Waals surface area contributed by atoms with E-state index in [4.69, 9.17) is 17.0 Å². The molecule has 0 atom stereocenters. The van der Waals surface area contributed by atoms with Gasteiger partial charge in [0.2, 0.25) is 0 Å². The zero-order valence-corrected chi connectivity index (χ0v) is 20.8. The number of pyridine rings is 1. The second-order valence-electron chi connectivity index (χ2n) is 7.73. The van der Waals surface area contributed by atoms with E-state index in [1.54, 1.807) is 32.1 Å². The molecule has 7 nitrogen and oxygen atoms in total. The molecule has 1 saturated heterocycles. The predicted molar refractivity (Wildman–Crippen MR) is 136 cm³/mol. The molecule has 0 saturated carbocycles. The van der Waals surface area contributed by atoms with Crippen LogP contribution in [0.2, 0.25) is 0 Å². The van der Waals surface area contributed by atoms with Crippen LogP contribution in [0.3, 0.4) is 0 Å². The van der Waals surface area contributed by atoms with Crippen molar-refractivity contribution in [2.45, 2.75) is 19.9 Å². The molecule has 1 aromatic heterocycles. The summed E-state index contributed by atoms with van der Waals surface area (Å²) in [5, 5.41) is 9.62. The predicted octanol–water partition coefficient (Wildman–Crippen LogP) is 3.44. The Balaban J connectivity index is 2.08. The number of aromatic nitrogens is 1. The number of nitriles is 1. The van der Waals surface area contributed by atoms with E-state index in [1.165, 1.54) is 16.3 Å². The molecule has 0 aliphatic carbocycles. The van der Waals surface area contributed by atoms with Gasteiger partial charge in [-0.1, -0.05) is 54.3 Å². The van der Waals surface area contributed by atoms with E-state index in [0.29, 0.717) is 52.3 Å². The van der Waals surface area contributed by atoms with Crippen molar-refractivity contribution >= 4 is 46.1 Å². The smallest absolute Gasteiger partial charge is 0.270 e. The van der Waals surface area contributed by atoms with Gasteiger partial charge in [0.05, 0.1) is 4.91 Å². The SMILES string of the molecule is COCCCN1C(=O)/C(=C/c2c(C)c(C#N)c(=O)n(C)c2N(C)Cc2ccccc2)SC1=S. The number of carbonyl (C=O) groups excluding carboxylic acids is 1. The number of amides is 1. The number of ether oxygens (including phenoxy) is 1. The molecule has 2 heterocycles. The van der Waals surface area contributed by atoms with Crippen molar-refractivity contribution in [3.63, 3.8) is 0 Å². The van der Waals surface area contributed by atoms with Crippen molar-refractivity contribution < 1.29 is 9.53 Å². The lowest BCUT2D eigenvalue weighted by Crippen LogP contribution is -2.31. The molecule has 2 aromatic rings.